The average molecular weight is 621 g/mol. The number of carboxylic acid groups (broad SMARTS) is 1. The Bertz CT molecular complexity index is 1740. The van der Waals surface area contributed by atoms with Gasteiger partial charge in [0.05, 0.1) is 47.6 Å². The molecule has 1 heterocycles. The highest BCUT2D eigenvalue weighted by Gasteiger charge is 2.28. The fraction of sp³-hybridized carbons (Fsp3) is 0.222. The molecule has 0 bridgehead atoms. The minimum Gasteiger partial charge on any atom is -0.497 e. The van der Waals surface area contributed by atoms with Gasteiger partial charge in [0.15, 0.2) is 5.82 Å². The molecule has 0 aliphatic carbocycles. The number of halogens is 3. The van der Waals surface area contributed by atoms with Crippen LogP contribution in [0.15, 0.2) is 54.6 Å². The maximum absolute atomic E-state index is 13.7. The number of sulfonamides is 1. The molecular weight excluding hydrogens is 594 g/mol. The molecule has 1 unspecified atom stereocenters. The molecule has 0 spiro atoms. The van der Waals surface area contributed by atoms with Crippen molar-refractivity contribution in [2.45, 2.75) is 19.0 Å². The summed E-state index contributed by atoms with van der Waals surface area (Å²) < 4.78 is 61.0. The van der Waals surface area contributed by atoms with Crippen molar-refractivity contribution in [1.82, 2.24) is 15.1 Å². The number of benzene rings is 3. The second-order valence-corrected chi connectivity index (χ2v) is 11.7. The zero-order valence-corrected chi connectivity index (χ0v) is 24.2. The first kappa shape index (κ1) is 30.5. The number of anilines is 2. The van der Waals surface area contributed by atoms with Crippen LogP contribution in [0.3, 0.4) is 0 Å². The van der Waals surface area contributed by atoms with Crippen LogP contribution in [0.2, 0.25) is 5.02 Å². The molecule has 0 saturated carbocycles. The summed E-state index contributed by atoms with van der Waals surface area (Å²) in [6.45, 7) is -0.0620. The molecule has 3 aromatic carbocycles. The summed E-state index contributed by atoms with van der Waals surface area (Å²) in [6, 6.07) is 11.4. The van der Waals surface area contributed by atoms with Gasteiger partial charge in [0.25, 0.3) is 0 Å². The first-order valence-corrected chi connectivity index (χ1v) is 14.5. The summed E-state index contributed by atoms with van der Waals surface area (Å²) in [7, 11) is -0.780. The van der Waals surface area contributed by atoms with Crippen LogP contribution in [0, 0.1) is 17.0 Å². The van der Waals surface area contributed by atoms with E-state index in [1.54, 1.807) is 31.3 Å². The number of fused-ring (bicyclic) bond motifs is 1. The van der Waals surface area contributed by atoms with Gasteiger partial charge in [0.2, 0.25) is 10.0 Å². The minimum atomic E-state index is -3.86. The molecule has 15 heteroatoms. The van der Waals surface area contributed by atoms with E-state index in [1.165, 1.54) is 23.9 Å². The molecule has 1 amide bonds. The van der Waals surface area contributed by atoms with E-state index >= 15 is 0 Å². The Hall–Kier alpha value is -4.43. The average Bonchev–Trinajstić information content (AvgIpc) is 3.24. The molecule has 1 aromatic heterocycles. The third-order valence-electron chi connectivity index (χ3n) is 6.32. The molecule has 4 rings (SSSR count). The van der Waals surface area contributed by atoms with Crippen molar-refractivity contribution >= 4 is 56.0 Å². The molecule has 11 nitrogen and oxygen atoms in total. The molecular formula is C27H27ClF2N6O5S. The molecule has 0 saturated heterocycles. The molecule has 4 aromatic rings. The maximum Gasteiger partial charge on any atom is 0.405 e. The number of aromatic nitrogens is 2. The standard InChI is InChI=1S/C27H27ClF2N6O5S/c1-35-24-21(32-25(31)22(33-27(37)38)12-16-10-17(29)13-18(30)11-16)9-8-20(28)23(24)26(34-35)36(42(3,39)40)14-15-4-6-19(41-2)7-5-15/h4-11,13,22,33H,12,14H2,1-3H3,(H2,31,32)(H,37,38). The Balaban J connectivity index is 1.72. The number of amides is 1. The minimum absolute atomic E-state index is 0.0430. The number of amidine groups is 1. The first-order valence-electron chi connectivity index (χ1n) is 12.3. The third-order valence-corrected chi connectivity index (χ3v) is 7.74. The van der Waals surface area contributed by atoms with Crippen molar-refractivity contribution in [3.05, 3.63) is 82.4 Å². The number of hydrogen-bond donors (Lipinski definition) is 4. The van der Waals surface area contributed by atoms with Crippen LogP contribution in [-0.2, 0) is 30.0 Å². The van der Waals surface area contributed by atoms with Crippen LogP contribution in [0.25, 0.3) is 10.9 Å². The van der Waals surface area contributed by atoms with Crippen LogP contribution in [0.4, 0.5) is 25.1 Å². The van der Waals surface area contributed by atoms with E-state index in [9.17, 15) is 27.1 Å². The molecule has 0 aliphatic heterocycles. The topological polar surface area (TPSA) is 150 Å². The Morgan fingerprint density at radius 3 is 2.36 bits per heavy atom. The number of rotatable bonds is 10. The zero-order valence-electron chi connectivity index (χ0n) is 22.7. The number of nitrogens with one attached hydrogen (secondary N) is 3. The summed E-state index contributed by atoms with van der Waals surface area (Å²) >= 11 is 6.56. The zero-order chi connectivity index (χ0) is 30.8. The summed E-state index contributed by atoms with van der Waals surface area (Å²) in [5, 5.41) is 27.9. The lowest BCUT2D eigenvalue weighted by Gasteiger charge is -2.21. The summed E-state index contributed by atoms with van der Waals surface area (Å²) in [6.07, 6.45) is -0.640. The van der Waals surface area contributed by atoms with Gasteiger partial charge in [0, 0.05) is 19.5 Å². The third kappa shape index (κ3) is 6.89. The van der Waals surface area contributed by atoms with Gasteiger partial charge < -0.3 is 20.5 Å². The number of hydrogen-bond acceptors (Lipinski definition) is 6. The second-order valence-electron chi connectivity index (χ2n) is 9.41. The second kappa shape index (κ2) is 12.2. The van der Waals surface area contributed by atoms with Crippen LogP contribution >= 0.6 is 11.6 Å². The molecule has 4 N–H and O–H groups in total. The van der Waals surface area contributed by atoms with E-state index in [0.29, 0.717) is 22.9 Å². The molecule has 0 fully saturated rings. The highest BCUT2D eigenvalue weighted by atomic mass is 35.5. The molecule has 1 atom stereocenters. The van der Waals surface area contributed by atoms with Gasteiger partial charge in [-0.2, -0.15) is 5.10 Å². The quantitative estimate of drug-likeness (QED) is 0.148. The highest BCUT2D eigenvalue weighted by molar-refractivity contribution is 7.92. The maximum atomic E-state index is 13.7. The van der Waals surface area contributed by atoms with Crippen LogP contribution in [-0.4, -0.2) is 54.6 Å². The smallest absolute Gasteiger partial charge is 0.405 e. The van der Waals surface area contributed by atoms with Crippen molar-refractivity contribution in [3.8, 4) is 5.75 Å². The van der Waals surface area contributed by atoms with E-state index in [4.69, 9.17) is 21.7 Å². The summed E-state index contributed by atoms with van der Waals surface area (Å²) in [4.78, 5) is 11.5. The number of ether oxygens (including phenoxy) is 1. The Labute approximate surface area is 245 Å². The Morgan fingerprint density at radius 1 is 1.14 bits per heavy atom. The molecule has 0 aliphatic rings. The highest BCUT2D eigenvalue weighted by Crippen LogP contribution is 2.38. The summed E-state index contributed by atoms with van der Waals surface area (Å²) in [5.41, 5.74) is 1.38. The molecule has 0 radical (unpaired) electrons. The van der Waals surface area contributed by atoms with Crippen molar-refractivity contribution in [3.63, 3.8) is 0 Å². The van der Waals surface area contributed by atoms with E-state index < -0.39 is 33.8 Å². The van der Waals surface area contributed by atoms with Gasteiger partial charge in [-0.15, -0.1) is 0 Å². The number of aryl methyl sites for hydroxylation is 1. The predicted molar refractivity (Wildman–Crippen MR) is 156 cm³/mol. The number of carbonyl (C=O) groups is 1. The van der Waals surface area contributed by atoms with Crippen LogP contribution < -0.4 is 19.7 Å². The van der Waals surface area contributed by atoms with E-state index in [2.05, 4.69) is 15.7 Å². The fourth-order valence-electron chi connectivity index (χ4n) is 4.45. The van der Waals surface area contributed by atoms with Crippen LogP contribution in [0.5, 0.6) is 5.75 Å². The van der Waals surface area contributed by atoms with Gasteiger partial charge in [-0.3, -0.25) is 10.1 Å². The number of methoxy groups -OCH3 is 1. The number of nitrogens with zero attached hydrogens (tertiary/aromatic N) is 3. The van der Waals surface area contributed by atoms with Crippen LogP contribution in [0.1, 0.15) is 11.1 Å². The first-order chi connectivity index (χ1) is 19.8. The van der Waals surface area contributed by atoms with Crippen molar-refractivity contribution in [2.75, 3.05) is 23.0 Å². The van der Waals surface area contributed by atoms with Gasteiger partial charge >= 0.3 is 6.09 Å². The van der Waals surface area contributed by atoms with Crippen molar-refractivity contribution in [2.24, 2.45) is 7.05 Å². The lowest BCUT2D eigenvalue weighted by Crippen LogP contribution is -2.44. The fourth-order valence-corrected chi connectivity index (χ4v) is 5.51. The van der Waals surface area contributed by atoms with E-state index in [1.807, 2.05) is 0 Å². The van der Waals surface area contributed by atoms with Crippen molar-refractivity contribution in [1.29, 1.82) is 5.41 Å². The van der Waals surface area contributed by atoms with Gasteiger partial charge in [-0.25, -0.2) is 26.3 Å². The van der Waals surface area contributed by atoms with Gasteiger partial charge in [-0.1, -0.05) is 23.7 Å². The monoisotopic (exact) mass is 620 g/mol. The van der Waals surface area contributed by atoms with Gasteiger partial charge in [0.1, 0.15) is 23.2 Å². The predicted octanol–water partition coefficient (Wildman–Crippen LogP) is 4.75. The van der Waals surface area contributed by atoms with Gasteiger partial charge in [-0.05, 0) is 47.5 Å². The SMILES string of the molecule is COc1ccc(CN(c2nn(C)c3c(NC(=N)C(Cc4cc(F)cc(F)c4)NC(=O)O)ccc(Cl)c23)S(C)(=O)=O)cc1. The molecule has 222 valence electrons. The van der Waals surface area contributed by atoms with E-state index in [-0.39, 0.29) is 46.3 Å². The van der Waals surface area contributed by atoms with E-state index in [0.717, 1.165) is 22.7 Å². The lowest BCUT2D eigenvalue weighted by molar-refractivity contribution is 0.192. The largest absolute Gasteiger partial charge is 0.497 e. The molecule has 42 heavy (non-hydrogen) atoms. The Kier molecular flexibility index (Phi) is 8.87. The normalized spacial score (nSPS) is 12.1. The van der Waals surface area contributed by atoms with Crippen molar-refractivity contribution < 1.29 is 31.8 Å². The summed E-state index contributed by atoms with van der Waals surface area (Å²) in [5.74, 6) is -1.38. The lowest BCUT2D eigenvalue weighted by atomic mass is 10.0. The Morgan fingerprint density at radius 2 is 1.79 bits per heavy atom.